The highest BCUT2D eigenvalue weighted by molar-refractivity contribution is 7.98. The van der Waals surface area contributed by atoms with Crippen molar-refractivity contribution in [1.82, 2.24) is 25.5 Å². The lowest BCUT2D eigenvalue weighted by Crippen LogP contribution is -2.72. The molecule has 3 aromatic rings. The standard InChI is InChI=1S/C26H30F2N6OS/c1-25-8-5-9-26(2,33-25)22(28)19(12-25)34(3)21-14-29-23(32-31-21)17-7-6-15(11-20(17)35)16-10-18(27)24(36-4)30-13-16/h6-7,10-11,13-14,19,22,33,35H,5,8-9,12H2,1-4H3/t19-,22-,25-,26+/m0/s1. The number of anilines is 1. The van der Waals surface area contributed by atoms with Gasteiger partial charge in [-0.2, -0.15) is 0 Å². The summed E-state index contributed by atoms with van der Waals surface area (Å²) < 4.78 is 29.8. The van der Waals surface area contributed by atoms with Gasteiger partial charge in [0.15, 0.2) is 17.5 Å². The molecule has 4 atom stereocenters. The van der Waals surface area contributed by atoms with Gasteiger partial charge in [-0.15, -0.1) is 22.0 Å². The molecule has 0 spiro atoms. The number of nitrogens with zero attached hydrogens (tertiary/aromatic N) is 5. The van der Waals surface area contributed by atoms with Crippen LogP contribution in [0.1, 0.15) is 39.5 Å². The fourth-order valence-electron chi connectivity index (χ4n) is 5.70. The maximum atomic E-state index is 15.6. The van der Waals surface area contributed by atoms with Gasteiger partial charge in [0.05, 0.1) is 17.8 Å². The van der Waals surface area contributed by atoms with Crippen LogP contribution >= 0.6 is 11.8 Å². The average molecular weight is 513 g/mol. The molecule has 2 fully saturated rings. The number of nitrogens with one attached hydrogen (secondary N) is 1. The number of phenols is 1. The number of pyridine rings is 1. The third-order valence-corrected chi connectivity index (χ3v) is 8.29. The summed E-state index contributed by atoms with van der Waals surface area (Å²) in [6.07, 6.45) is 7.34. The maximum absolute atomic E-state index is 15.6. The van der Waals surface area contributed by atoms with E-state index in [0.29, 0.717) is 34.0 Å². The molecule has 36 heavy (non-hydrogen) atoms. The smallest absolute Gasteiger partial charge is 0.185 e. The summed E-state index contributed by atoms with van der Waals surface area (Å²) in [5, 5.41) is 23.0. The number of hydrogen-bond donors (Lipinski definition) is 2. The van der Waals surface area contributed by atoms with Crippen molar-refractivity contribution in [3.05, 3.63) is 42.5 Å². The van der Waals surface area contributed by atoms with Crippen LogP contribution in [0.3, 0.4) is 0 Å². The molecule has 10 heteroatoms. The Labute approximate surface area is 213 Å². The van der Waals surface area contributed by atoms with E-state index in [1.54, 1.807) is 30.8 Å². The zero-order valence-corrected chi connectivity index (χ0v) is 21.6. The number of aromatic nitrogens is 4. The highest BCUT2D eigenvalue weighted by atomic mass is 32.2. The van der Waals surface area contributed by atoms with E-state index in [1.807, 2.05) is 18.9 Å². The first kappa shape index (κ1) is 24.8. The molecule has 1 aromatic carbocycles. The van der Waals surface area contributed by atoms with Gasteiger partial charge >= 0.3 is 0 Å². The summed E-state index contributed by atoms with van der Waals surface area (Å²) in [5.74, 6) is 0.258. The van der Waals surface area contributed by atoms with E-state index in [1.165, 1.54) is 23.9 Å². The summed E-state index contributed by atoms with van der Waals surface area (Å²) >= 11 is 1.23. The van der Waals surface area contributed by atoms with E-state index in [4.69, 9.17) is 0 Å². The van der Waals surface area contributed by atoms with E-state index in [0.717, 1.165) is 19.3 Å². The van der Waals surface area contributed by atoms with Crippen LogP contribution in [0.5, 0.6) is 5.75 Å². The van der Waals surface area contributed by atoms with Gasteiger partial charge in [0.25, 0.3) is 0 Å². The van der Waals surface area contributed by atoms with Crippen LogP contribution in [0.4, 0.5) is 14.6 Å². The fraction of sp³-hybridized carbons (Fsp3) is 0.462. The van der Waals surface area contributed by atoms with Crippen molar-refractivity contribution in [3.63, 3.8) is 0 Å². The SMILES string of the molecule is CSc1ncc(-c2ccc(-c3ncc(N(C)[C@H]4C[C@]5(C)CCC[C@@](C)(N5)[C@H]4F)nn3)c(O)c2)cc1F. The van der Waals surface area contributed by atoms with Crippen LogP contribution < -0.4 is 10.2 Å². The van der Waals surface area contributed by atoms with Crippen molar-refractivity contribution in [3.8, 4) is 28.3 Å². The topological polar surface area (TPSA) is 87.1 Å². The van der Waals surface area contributed by atoms with Gasteiger partial charge in [-0.25, -0.2) is 18.7 Å². The Hall–Kier alpha value is -2.85. The summed E-state index contributed by atoms with van der Waals surface area (Å²) in [6, 6.07) is 5.98. The van der Waals surface area contributed by atoms with Gasteiger partial charge in [-0.3, -0.25) is 0 Å². The molecule has 5 rings (SSSR count). The molecule has 2 saturated heterocycles. The fourth-order valence-corrected chi connectivity index (χ4v) is 6.11. The molecule has 2 aliphatic rings. The van der Waals surface area contributed by atoms with Crippen LogP contribution in [0.25, 0.3) is 22.5 Å². The summed E-state index contributed by atoms with van der Waals surface area (Å²) in [6.45, 7) is 4.13. The van der Waals surface area contributed by atoms with Crippen LogP contribution in [0.15, 0.2) is 41.7 Å². The molecular weight excluding hydrogens is 482 g/mol. The lowest BCUT2D eigenvalue weighted by atomic mass is 9.68. The monoisotopic (exact) mass is 512 g/mol. The highest BCUT2D eigenvalue weighted by Crippen LogP contribution is 2.43. The number of phenolic OH excluding ortho intramolecular Hbond substituents is 1. The van der Waals surface area contributed by atoms with Crippen molar-refractivity contribution in [2.24, 2.45) is 0 Å². The molecule has 2 bridgehead atoms. The van der Waals surface area contributed by atoms with Crippen molar-refractivity contribution >= 4 is 17.6 Å². The summed E-state index contributed by atoms with van der Waals surface area (Å²) in [5.41, 5.74) is 0.892. The second-order valence-corrected chi connectivity index (χ2v) is 11.1. The minimum absolute atomic E-state index is 0.0550. The predicted octanol–water partition coefficient (Wildman–Crippen LogP) is 5.00. The number of rotatable bonds is 5. The number of fused-ring (bicyclic) bond motifs is 2. The van der Waals surface area contributed by atoms with E-state index in [-0.39, 0.29) is 23.2 Å². The molecule has 0 unspecified atom stereocenters. The van der Waals surface area contributed by atoms with E-state index >= 15 is 4.39 Å². The van der Waals surface area contributed by atoms with Gasteiger partial charge in [-0.1, -0.05) is 6.07 Å². The Bertz CT molecular complexity index is 1280. The van der Waals surface area contributed by atoms with E-state index in [2.05, 4.69) is 32.4 Å². The average Bonchev–Trinajstić information content (AvgIpc) is 2.86. The second kappa shape index (κ2) is 9.23. The Balaban J connectivity index is 1.36. The third-order valence-electron chi connectivity index (χ3n) is 7.60. The Morgan fingerprint density at radius 1 is 1.11 bits per heavy atom. The van der Waals surface area contributed by atoms with Gasteiger partial charge in [0.2, 0.25) is 0 Å². The minimum Gasteiger partial charge on any atom is -0.507 e. The summed E-state index contributed by atoms with van der Waals surface area (Å²) in [4.78, 5) is 10.4. The zero-order valence-electron chi connectivity index (χ0n) is 20.8. The first-order valence-electron chi connectivity index (χ1n) is 12.0. The molecule has 0 aliphatic carbocycles. The first-order chi connectivity index (χ1) is 17.1. The van der Waals surface area contributed by atoms with Crippen LogP contribution in [0, 0.1) is 5.82 Å². The number of piperidine rings is 2. The molecule has 0 saturated carbocycles. The van der Waals surface area contributed by atoms with Gasteiger partial charge in [0, 0.05) is 29.9 Å². The molecule has 0 radical (unpaired) electrons. The van der Waals surface area contributed by atoms with Gasteiger partial charge < -0.3 is 15.3 Å². The van der Waals surface area contributed by atoms with Gasteiger partial charge in [-0.05, 0) is 69.5 Å². The number of alkyl halides is 1. The Morgan fingerprint density at radius 3 is 2.58 bits per heavy atom. The molecule has 2 N–H and O–H groups in total. The van der Waals surface area contributed by atoms with Crippen LogP contribution in [-0.4, -0.2) is 61.9 Å². The normalized spacial score (nSPS) is 27.6. The van der Waals surface area contributed by atoms with Crippen molar-refractivity contribution in [2.45, 2.75) is 67.8 Å². The maximum Gasteiger partial charge on any atom is 0.185 e. The summed E-state index contributed by atoms with van der Waals surface area (Å²) in [7, 11) is 1.83. The predicted molar refractivity (Wildman–Crippen MR) is 137 cm³/mol. The van der Waals surface area contributed by atoms with Crippen LogP contribution in [0.2, 0.25) is 0 Å². The van der Waals surface area contributed by atoms with E-state index in [9.17, 15) is 9.50 Å². The minimum atomic E-state index is -1.06. The van der Waals surface area contributed by atoms with Crippen LogP contribution in [-0.2, 0) is 0 Å². The molecule has 7 nitrogen and oxygen atoms in total. The van der Waals surface area contributed by atoms with Crippen molar-refractivity contribution in [2.75, 3.05) is 18.2 Å². The van der Waals surface area contributed by atoms with Crippen molar-refractivity contribution in [1.29, 1.82) is 0 Å². The second-order valence-electron chi connectivity index (χ2n) is 10.3. The molecule has 190 valence electrons. The quantitative estimate of drug-likeness (QED) is 0.462. The Morgan fingerprint density at radius 2 is 1.92 bits per heavy atom. The van der Waals surface area contributed by atoms with E-state index < -0.39 is 17.5 Å². The molecule has 2 aliphatic heterocycles. The molecule has 4 heterocycles. The lowest BCUT2D eigenvalue weighted by Gasteiger charge is -2.56. The molecule has 2 aromatic heterocycles. The molecule has 0 amide bonds. The van der Waals surface area contributed by atoms with Crippen molar-refractivity contribution < 1.29 is 13.9 Å². The number of halogens is 2. The number of hydrogen-bond acceptors (Lipinski definition) is 8. The first-order valence-corrected chi connectivity index (χ1v) is 13.2. The molecular formula is C26H30F2N6OS. The number of benzene rings is 1. The third kappa shape index (κ3) is 4.41. The number of thioether (sulfide) groups is 1. The Kier molecular flexibility index (Phi) is 6.36. The zero-order chi connectivity index (χ0) is 25.7. The number of aromatic hydroxyl groups is 1. The van der Waals surface area contributed by atoms with Gasteiger partial charge in [0.1, 0.15) is 16.9 Å². The highest BCUT2D eigenvalue weighted by Gasteiger charge is 2.53. The lowest BCUT2D eigenvalue weighted by molar-refractivity contribution is 0.00193. The largest absolute Gasteiger partial charge is 0.507 e.